The van der Waals surface area contributed by atoms with Crippen molar-refractivity contribution in [2.24, 2.45) is 0 Å². The summed E-state index contributed by atoms with van der Waals surface area (Å²) in [5.41, 5.74) is 0. The summed E-state index contributed by atoms with van der Waals surface area (Å²) in [6.45, 7) is 2.21. The highest BCUT2D eigenvalue weighted by molar-refractivity contribution is 5.66. The molecule has 0 saturated heterocycles. The molecule has 0 aliphatic rings. The Hall–Kier alpha value is -1.61. The fourth-order valence-electron chi connectivity index (χ4n) is 1.96. The fraction of sp³-hybridized carbons (Fsp3) is 0.550. The molecule has 0 spiro atoms. The van der Waals surface area contributed by atoms with Crippen molar-refractivity contribution in [2.45, 2.75) is 70.8 Å². The van der Waals surface area contributed by atoms with Crippen molar-refractivity contribution >= 4 is 5.97 Å². The first-order chi connectivity index (χ1) is 11.2. The van der Waals surface area contributed by atoms with Crippen molar-refractivity contribution in [1.29, 1.82) is 0 Å². The van der Waals surface area contributed by atoms with Gasteiger partial charge in [0.05, 0.1) is 6.10 Å². The van der Waals surface area contributed by atoms with Crippen LogP contribution < -0.4 is 0 Å². The second-order valence-electron chi connectivity index (χ2n) is 5.58. The van der Waals surface area contributed by atoms with Gasteiger partial charge in [-0.25, -0.2) is 0 Å². The molecule has 1 atom stereocenters. The summed E-state index contributed by atoms with van der Waals surface area (Å²) in [4.78, 5) is 10.3. The van der Waals surface area contributed by atoms with Gasteiger partial charge < -0.3 is 10.2 Å². The number of unbranched alkanes of at least 4 members (excludes halogenated alkanes) is 4. The van der Waals surface area contributed by atoms with Crippen LogP contribution in [0.4, 0.5) is 0 Å². The molecule has 0 rings (SSSR count). The summed E-state index contributed by atoms with van der Waals surface area (Å²) in [6.07, 6.45) is 23.5. The SMILES string of the molecule is CCCCC/C=C/C/C=C/C=C/[C@@H](O)C/C=C\CCCC(=O)O. The van der Waals surface area contributed by atoms with Gasteiger partial charge in [-0.05, 0) is 38.5 Å². The number of aliphatic hydroxyl groups is 1. The highest BCUT2D eigenvalue weighted by Gasteiger charge is 1.95. The first-order valence-electron chi connectivity index (χ1n) is 8.70. The monoisotopic (exact) mass is 320 g/mol. The van der Waals surface area contributed by atoms with Crippen LogP contribution in [0.25, 0.3) is 0 Å². The molecule has 0 aromatic heterocycles. The van der Waals surface area contributed by atoms with Crippen LogP contribution in [0.3, 0.4) is 0 Å². The van der Waals surface area contributed by atoms with Crippen LogP contribution in [0, 0.1) is 0 Å². The highest BCUT2D eigenvalue weighted by atomic mass is 16.4. The summed E-state index contributed by atoms with van der Waals surface area (Å²) >= 11 is 0. The van der Waals surface area contributed by atoms with E-state index in [2.05, 4.69) is 25.2 Å². The molecular weight excluding hydrogens is 288 g/mol. The van der Waals surface area contributed by atoms with Crippen molar-refractivity contribution in [3.05, 3.63) is 48.6 Å². The van der Waals surface area contributed by atoms with Gasteiger partial charge in [0.2, 0.25) is 0 Å². The van der Waals surface area contributed by atoms with Gasteiger partial charge in [-0.3, -0.25) is 4.79 Å². The molecule has 0 bridgehead atoms. The molecule has 0 aliphatic heterocycles. The summed E-state index contributed by atoms with van der Waals surface area (Å²) in [7, 11) is 0. The van der Waals surface area contributed by atoms with E-state index in [1.54, 1.807) is 6.08 Å². The molecule has 130 valence electrons. The smallest absolute Gasteiger partial charge is 0.303 e. The lowest BCUT2D eigenvalue weighted by Gasteiger charge is -1.99. The topological polar surface area (TPSA) is 57.5 Å². The van der Waals surface area contributed by atoms with Crippen molar-refractivity contribution in [3.8, 4) is 0 Å². The van der Waals surface area contributed by atoms with Gasteiger partial charge >= 0.3 is 5.97 Å². The second-order valence-corrected chi connectivity index (χ2v) is 5.58. The van der Waals surface area contributed by atoms with E-state index in [1.807, 2.05) is 24.3 Å². The molecule has 3 nitrogen and oxygen atoms in total. The number of rotatable bonds is 14. The Morgan fingerprint density at radius 3 is 2.43 bits per heavy atom. The Morgan fingerprint density at radius 2 is 1.70 bits per heavy atom. The van der Waals surface area contributed by atoms with Crippen LogP contribution in [0.15, 0.2) is 48.6 Å². The lowest BCUT2D eigenvalue weighted by molar-refractivity contribution is -0.137. The minimum atomic E-state index is -0.760. The molecule has 0 unspecified atom stereocenters. The Balaban J connectivity index is 3.63. The van der Waals surface area contributed by atoms with Crippen LogP contribution in [-0.2, 0) is 4.79 Å². The number of carboxylic acid groups (broad SMARTS) is 1. The third-order valence-electron chi connectivity index (χ3n) is 3.30. The van der Waals surface area contributed by atoms with Gasteiger partial charge in [0.25, 0.3) is 0 Å². The highest BCUT2D eigenvalue weighted by Crippen LogP contribution is 2.02. The average molecular weight is 320 g/mol. The molecule has 0 aromatic rings. The van der Waals surface area contributed by atoms with E-state index >= 15 is 0 Å². The molecule has 0 radical (unpaired) electrons. The normalized spacial score (nSPS) is 13.8. The molecule has 0 amide bonds. The number of hydrogen-bond donors (Lipinski definition) is 2. The molecular formula is C20H32O3. The number of carboxylic acids is 1. The third kappa shape index (κ3) is 18.3. The van der Waals surface area contributed by atoms with Crippen molar-refractivity contribution in [3.63, 3.8) is 0 Å². The minimum absolute atomic E-state index is 0.199. The number of allylic oxidation sites excluding steroid dienone is 6. The molecule has 0 saturated carbocycles. The van der Waals surface area contributed by atoms with E-state index in [9.17, 15) is 9.90 Å². The van der Waals surface area contributed by atoms with Gasteiger partial charge in [0.1, 0.15) is 0 Å². The average Bonchev–Trinajstić information content (AvgIpc) is 2.52. The predicted molar refractivity (Wildman–Crippen MR) is 97.4 cm³/mol. The summed E-state index contributed by atoms with van der Waals surface area (Å²) in [6, 6.07) is 0. The number of aliphatic hydroxyl groups excluding tert-OH is 1. The lowest BCUT2D eigenvalue weighted by Crippen LogP contribution is -1.98. The summed E-state index contributed by atoms with van der Waals surface area (Å²) in [5, 5.41) is 18.2. The van der Waals surface area contributed by atoms with E-state index in [0.29, 0.717) is 12.8 Å². The zero-order valence-electron chi connectivity index (χ0n) is 14.4. The molecule has 0 aliphatic carbocycles. The van der Waals surface area contributed by atoms with Gasteiger partial charge in [0.15, 0.2) is 0 Å². The number of aliphatic carboxylic acids is 1. The van der Waals surface area contributed by atoms with E-state index in [-0.39, 0.29) is 6.42 Å². The van der Waals surface area contributed by atoms with Gasteiger partial charge in [-0.2, -0.15) is 0 Å². The quantitative estimate of drug-likeness (QED) is 0.263. The molecule has 0 fully saturated rings. The van der Waals surface area contributed by atoms with Crippen LogP contribution in [0.5, 0.6) is 0 Å². The van der Waals surface area contributed by atoms with E-state index < -0.39 is 12.1 Å². The Kier molecular flexibility index (Phi) is 15.6. The van der Waals surface area contributed by atoms with Crippen molar-refractivity contribution in [2.75, 3.05) is 0 Å². The zero-order valence-corrected chi connectivity index (χ0v) is 14.4. The van der Waals surface area contributed by atoms with Crippen molar-refractivity contribution in [1.82, 2.24) is 0 Å². The summed E-state index contributed by atoms with van der Waals surface area (Å²) in [5.74, 6) is -0.760. The molecule has 0 aromatic carbocycles. The third-order valence-corrected chi connectivity index (χ3v) is 3.30. The second kappa shape index (κ2) is 16.8. The zero-order chi connectivity index (χ0) is 17.2. The standard InChI is InChI=1S/C20H32O3/c1-2-3-4-5-6-7-8-9-10-13-16-19(21)17-14-11-12-15-18-20(22)23/h6-7,9-11,13-14,16,19,21H,2-5,8,12,15,17-18H2,1H3,(H,22,23)/b7-6+,10-9+,14-11-,16-13+/t19-/m1/s1. The molecule has 2 N–H and O–H groups in total. The van der Waals surface area contributed by atoms with Crippen LogP contribution in [-0.4, -0.2) is 22.3 Å². The fourth-order valence-corrected chi connectivity index (χ4v) is 1.96. The van der Waals surface area contributed by atoms with Crippen molar-refractivity contribution < 1.29 is 15.0 Å². The summed E-state index contributed by atoms with van der Waals surface area (Å²) < 4.78 is 0. The first kappa shape index (κ1) is 21.4. The predicted octanol–water partition coefficient (Wildman–Crippen LogP) is 5.19. The van der Waals surface area contributed by atoms with E-state index in [0.717, 1.165) is 19.3 Å². The molecule has 3 heteroatoms. The van der Waals surface area contributed by atoms with Gasteiger partial charge in [0, 0.05) is 6.42 Å². The number of hydrogen-bond acceptors (Lipinski definition) is 2. The number of carbonyl (C=O) groups is 1. The maximum Gasteiger partial charge on any atom is 0.303 e. The largest absolute Gasteiger partial charge is 0.481 e. The minimum Gasteiger partial charge on any atom is -0.481 e. The van der Waals surface area contributed by atoms with Gasteiger partial charge in [-0.15, -0.1) is 0 Å². The Bertz CT molecular complexity index is 392. The van der Waals surface area contributed by atoms with Crippen LogP contribution in [0.2, 0.25) is 0 Å². The van der Waals surface area contributed by atoms with Crippen LogP contribution >= 0.6 is 0 Å². The van der Waals surface area contributed by atoms with Gasteiger partial charge in [-0.1, -0.05) is 68.4 Å². The van der Waals surface area contributed by atoms with E-state index in [1.165, 1.54) is 19.3 Å². The van der Waals surface area contributed by atoms with E-state index in [4.69, 9.17) is 5.11 Å². The lowest BCUT2D eigenvalue weighted by atomic mass is 10.2. The first-order valence-corrected chi connectivity index (χ1v) is 8.70. The maximum absolute atomic E-state index is 10.3. The maximum atomic E-state index is 10.3. The molecule has 23 heavy (non-hydrogen) atoms. The Morgan fingerprint density at radius 1 is 0.957 bits per heavy atom. The van der Waals surface area contributed by atoms with Crippen LogP contribution in [0.1, 0.15) is 64.7 Å². The Labute approximate surface area is 141 Å². The molecule has 0 heterocycles.